The van der Waals surface area contributed by atoms with Crippen LogP contribution in [0.4, 0.5) is 8.78 Å². The molecule has 0 radical (unpaired) electrons. The summed E-state index contributed by atoms with van der Waals surface area (Å²) in [6.45, 7) is 1.47. The van der Waals surface area contributed by atoms with Gasteiger partial charge in [0.2, 0.25) is 5.76 Å². The van der Waals surface area contributed by atoms with Gasteiger partial charge in [0.05, 0.1) is 0 Å². The molecule has 1 aromatic heterocycles. The monoisotopic (exact) mass is 239 g/mol. The molecule has 0 spiro atoms. The molecule has 2 rings (SSSR count). The first-order valence-corrected chi connectivity index (χ1v) is 4.65. The van der Waals surface area contributed by atoms with Gasteiger partial charge in [-0.1, -0.05) is 0 Å². The van der Waals surface area contributed by atoms with Crippen LogP contribution in [0.3, 0.4) is 0 Å². The van der Waals surface area contributed by atoms with Gasteiger partial charge in [0.15, 0.2) is 17.5 Å². The molecule has 0 unspecified atom stereocenters. The first-order chi connectivity index (χ1) is 7.99. The van der Waals surface area contributed by atoms with Crippen LogP contribution in [0.1, 0.15) is 16.4 Å². The third kappa shape index (κ3) is 2.01. The standard InChI is InChI=1S/C11H7F2NO3/c1-5-14-9(10(17-5)11(15)16)6-2-3-7(12)8(13)4-6/h2-4H,1H3,(H,15,16). The molecule has 6 heteroatoms. The molecule has 0 saturated carbocycles. The Morgan fingerprint density at radius 3 is 2.65 bits per heavy atom. The molecule has 0 aliphatic rings. The summed E-state index contributed by atoms with van der Waals surface area (Å²) in [5.74, 6) is -3.65. The summed E-state index contributed by atoms with van der Waals surface area (Å²) in [6.07, 6.45) is 0. The summed E-state index contributed by atoms with van der Waals surface area (Å²) >= 11 is 0. The zero-order valence-corrected chi connectivity index (χ0v) is 8.70. The Hall–Kier alpha value is -2.24. The minimum Gasteiger partial charge on any atom is -0.475 e. The quantitative estimate of drug-likeness (QED) is 0.874. The fourth-order valence-electron chi connectivity index (χ4n) is 1.41. The SMILES string of the molecule is Cc1nc(-c2ccc(F)c(F)c2)c(C(=O)O)o1. The van der Waals surface area contributed by atoms with Crippen molar-refractivity contribution >= 4 is 5.97 Å². The molecule has 88 valence electrons. The van der Waals surface area contributed by atoms with Gasteiger partial charge in [-0.3, -0.25) is 0 Å². The molecule has 0 aliphatic heterocycles. The normalized spacial score (nSPS) is 10.5. The molecular formula is C11H7F2NO3. The summed E-state index contributed by atoms with van der Waals surface area (Å²) in [5, 5.41) is 8.86. The van der Waals surface area contributed by atoms with Crippen molar-refractivity contribution in [1.82, 2.24) is 4.98 Å². The maximum Gasteiger partial charge on any atom is 0.374 e. The predicted octanol–water partition coefficient (Wildman–Crippen LogP) is 2.63. The summed E-state index contributed by atoms with van der Waals surface area (Å²) < 4.78 is 30.6. The highest BCUT2D eigenvalue weighted by Crippen LogP contribution is 2.25. The average molecular weight is 239 g/mol. The summed E-state index contributed by atoms with van der Waals surface area (Å²) in [6, 6.07) is 3.02. The van der Waals surface area contributed by atoms with Crippen molar-refractivity contribution in [2.45, 2.75) is 6.92 Å². The Bertz CT molecular complexity index is 592. The van der Waals surface area contributed by atoms with E-state index in [4.69, 9.17) is 9.52 Å². The van der Waals surface area contributed by atoms with Gasteiger partial charge in [0.1, 0.15) is 5.69 Å². The molecule has 17 heavy (non-hydrogen) atoms. The lowest BCUT2D eigenvalue weighted by Gasteiger charge is -1.98. The van der Waals surface area contributed by atoms with E-state index in [9.17, 15) is 13.6 Å². The fourth-order valence-corrected chi connectivity index (χ4v) is 1.41. The van der Waals surface area contributed by atoms with Crippen LogP contribution in [-0.4, -0.2) is 16.1 Å². The molecule has 0 fully saturated rings. The van der Waals surface area contributed by atoms with Crippen LogP contribution in [0.2, 0.25) is 0 Å². The number of hydrogen-bond donors (Lipinski definition) is 1. The Labute approximate surface area is 94.5 Å². The summed E-state index contributed by atoms with van der Waals surface area (Å²) in [7, 11) is 0. The molecule has 0 amide bonds. The van der Waals surface area contributed by atoms with Gasteiger partial charge >= 0.3 is 5.97 Å². The van der Waals surface area contributed by atoms with Crippen LogP contribution in [0.15, 0.2) is 22.6 Å². The molecule has 2 aromatic rings. The Morgan fingerprint density at radius 1 is 1.35 bits per heavy atom. The van der Waals surface area contributed by atoms with Crippen molar-refractivity contribution in [1.29, 1.82) is 0 Å². The number of benzene rings is 1. The molecule has 4 nitrogen and oxygen atoms in total. The smallest absolute Gasteiger partial charge is 0.374 e. The highest BCUT2D eigenvalue weighted by molar-refractivity contribution is 5.91. The van der Waals surface area contributed by atoms with Crippen LogP contribution < -0.4 is 0 Å². The third-order valence-electron chi connectivity index (χ3n) is 2.12. The lowest BCUT2D eigenvalue weighted by atomic mass is 10.1. The largest absolute Gasteiger partial charge is 0.475 e. The second-order valence-electron chi connectivity index (χ2n) is 3.34. The van der Waals surface area contributed by atoms with Gasteiger partial charge < -0.3 is 9.52 Å². The molecule has 1 aromatic carbocycles. The molecule has 0 aliphatic carbocycles. The van der Waals surface area contributed by atoms with Crippen LogP contribution in [-0.2, 0) is 0 Å². The van der Waals surface area contributed by atoms with Gasteiger partial charge in [0.25, 0.3) is 0 Å². The van der Waals surface area contributed by atoms with Gasteiger partial charge in [-0.15, -0.1) is 0 Å². The van der Waals surface area contributed by atoms with Crippen molar-refractivity contribution in [3.63, 3.8) is 0 Å². The van der Waals surface area contributed by atoms with Crippen LogP contribution in [0.25, 0.3) is 11.3 Å². The van der Waals surface area contributed by atoms with E-state index in [1.165, 1.54) is 13.0 Å². The molecule has 1 N–H and O–H groups in total. The Kier molecular flexibility index (Phi) is 2.63. The van der Waals surface area contributed by atoms with Crippen LogP contribution in [0.5, 0.6) is 0 Å². The zero-order chi connectivity index (χ0) is 12.6. The summed E-state index contributed by atoms with van der Waals surface area (Å²) in [5.41, 5.74) is 0.132. The predicted molar refractivity (Wildman–Crippen MR) is 53.6 cm³/mol. The number of aryl methyl sites for hydroxylation is 1. The molecule has 0 saturated heterocycles. The summed E-state index contributed by atoms with van der Waals surface area (Å²) in [4.78, 5) is 14.7. The van der Waals surface area contributed by atoms with E-state index in [-0.39, 0.29) is 17.1 Å². The Morgan fingerprint density at radius 2 is 2.06 bits per heavy atom. The zero-order valence-electron chi connectivity index (χ0n) is 8.70. The number of carboxylic acids is 1. The number of aromatic nitrogens is 1. The molecule has 0 bridgehead atoms. The van der Waals surface area contributed by atoms with Crippen molar-refractivity contribution < 1.29 is 23.1 Å². The van der Waals surface area contributed by atoms with E-state index in [2.05, 4.69) is 4.98 Å². The maximum atomic E-state index is 13.0. The number of nitrogens with zero attached hydrogens (tertiary/aromatic N) is 1. The first kappa shape index (κ1) is 11.3. The van der Waals surface area contributed by atoms with Crippen molar-refractivity contribution in [2.75, 3.05) is 0 Å². The van der Waals surface area contributed by atoms with Gasteiger partial charge in [-0.2, -0.15) is 0 Å². The maximum absolute atomic E-state index is 13.0. The van der Waals surface area contributed by atoms with E-state index < -0.39 is 23.4 Å². The van der Waals surface area contributed by atoms with Crippen LogP contribution >= 0.6 is 0 Å². The number of rotatable bonds is 2. The lowest BCUT2D eigenvalue weighted by molar-refractivity contribution is 0.0662. The second kappa shape index (κ2) is 3.97. The molecule has 0 atom stereocenters. The topological polar surface area (TPSA) is 63.3 Å². The van der Waals surface area contributed by atoms with E-state index >= 15 is 0 Å². The highest BCUT2D eigenvalue weighted by atomic mass is 19.2. The number of aromatic carboxylic acids is 1. The first-order valence-electron chi connectivity index (χ1n) is 4.65. The van der Waals surface area contributed by atoms with Crippen molar-refractivity contribution in [2.24, 2.45) is 0 Å². The van der Waals surface area contributed by atoms with Gasteiger partial charge in [-0.25, -0.2) is 18.6 Å². The number of carbonyl (C=O) groups is 1. The van der Waals surface area contributed by atoms with Crippen molar-refractivity contribution in [3.05, 3.63) is 41.5 Å². The second-order valence-corrected chi connectivity index (χ2v) is 3.34. The van der Waals surface area contributed by atoms with E-state index in [1.54, 1.807) is 0 Å². The molecular weight excluding hydrogens is 232 g/mol. The van der Waals surface area contributed by atoms with Crippen molar-refractivity contribution in [3.8, 4) is 11.3 Å². The number of hydrogen-bond acceptors (Lipinski definition) is 3. The lowest BCUT2D eigenvalue weighted by Crippen LogP contribution is -1.97. The minimum atomic E-state index is -1.31. The van der Waals surface area contributed by atoms with E-state index in [0.29, 0.717) is 0 Å². The third-order valence-corrected chi connectivity index (χ3v) is 2.12. The number of carboxylic acid groups (broad SMARTS) is 1. The Balaban J connectivity index is 2.59. The van der Waals surface area contributed by atoms with E-state index in [0.717, 1.165) is 12.1 Å². The number of oxazole rings is 1. The fraction of sp³-hybridized carbons (Fsp3) is 0.0909. The minimum absolute atomic E-state index is 0.0195. The van der Waals surface area contributed by atoms with Gasteiger partial charge in [-0.05, 0) is 18.2 Å². The van der Waals surface area contributed by atoms with E-state index in [1.807, 2.05) is 0 Å². The van der Waals surface area contributed by atoms with Gasteiger partial charge in [0, 0.05) is 12.5 Å². The molecule has 1 heterocycles. The average Bonchev–Trinajstić information content (AvgIpc) is 2.64. The number of halogens is 2. The van der Waals surface area contributed by atoms with Crippen LogP contribution in [0, 0.1) is 18.6 Å². The highest BCUT2D eigenvalue weighted by Gasteiger charge is 2.20.